The molecule has 0 radical (unpaired) electrons. The van der Waals surface area contributed by atoms with Crippen molar-refractivity contribution in [2.24, 2.45) is 5.92 Å². The molecule has 0 aromatic rings. The lowest BCUT2D eigenvalue weighted by molar-refractivity contribution is -0.111. The Hall–Kier alpha value is -1.29. The first-order valence-electron chi connectivity index (χ1n) is 5.74. The Morgan fingerprint density at radius 1 is 1.59 bits per heavy atom. The minimum absolute atomic E-state index is 0.0687. The lowest BCUT2D eigenvalue weighted by Gasteiger charge is -2.23. The summed E-state index contributed by atoms with van der Waals surface area (Å²) in [6.45, 7) is 2.60. The second kappa shape index (κ2) is 4.92. The van der Waals surface area contributed by atoms with Gasteiger partial charge >= 0.3 is 6.03 Å². The van der Waals surface area contributed by atoms with Gasteiger partial charge in [-0.15, -0.1) is 0 Å². The number of hydrogen-bond acceptors (Lipinski definition) is 2. The van der Waals surface area contributed by atoms with E-state index in [1.165, 1.54) is 0 Å². The standard InChI is InChI=1S/C12H15ClN2O2/c1-8-4-2-5-9-11(8)14-12(17)15(9)7-3-6-10(13)16/h2,4-5,8,11H,3,6-7H2,1H3,(H,14,17). The molecular formula is C12H15ClN2O2. The van der Waals surface area contributed by atoms with E-state index in [0.29, 0.717) is 25.3 Å². The summed E-state index contributed by atoms with van der Waals surface area (Å²) in [5, 5.41) is 2.59. The molecule has 1 aliphatic heterocycles. The molecule has 2 unspecified atom stereocenters. The molecule has 0 bridgehead atoms. The van der Waals surface area contributed by atoms with E-state index in [4.69, 9.17) is 11.6 Å². The van der Waals surface area contributed by atoms with Gasteiger partial charge in [-0.25, -0.2) is 4.79 Å². The van der Waals surface area contributed by atoms with E-state index >= 15 is 0 Å². The molecule has 5 heteroatoms. The number of nitrogens with one attached hydrogen (secondary N) is 1. The fourth-order valence-corrected chi connectivity index (χ4v) is 2.35. The van der Waals surface area contributed by atoms with Crippen LogP contribution in [0.2, 0.25) is 0 Å². The number of rotatable bonds is 4. The molecule has 0 aromatic heterocycles. The number of carbonyl (C=O) groups is 2. The molecule has 1 fully saturated rings. The van der Waals surface area contributed by atoms with Gasteiger partial charge in [-0.3, -0.25) is 9.69 Å². The Morgan fingerprint density at radius 2 is 2.35 bits per heavy atom. The van der Waals surface area contributed by atoms with E-state index in [0.717, 1.165) is 5.70 Å². The van der Waals surface area contributed by atoms with Crippen LogP contribution in [0.4, 0.5) is 4.79 Å². The smallest absolute Gasteiger partial charge is 0.322 e. The van der Waals surface area contributed by atoms with Gasteiger partial charge in [0.15, 0.2) is 0 Å². The fraction of sp³-hybridized carbons (Fsp3) is 0.500. The summed E-state index contributed by atoms with van der Waals surface area (Å²) >= 11 is 5.28. The van der Waals surface area contributed by atoms with Crippen molar-refractivity contribution >= 4 is 22.9 Å². The lowest BCUT2D eigenvalue weighted by atomic mass is 9.95. The average Bonchev–Trinajstić information content (AvgIpc) is 2.57. The Morgan fingerprint density at radius 3 is 3.06 bits per heavy atom. The molecule has 1 saturated heterocycles. The zero-order valence-corrected chi connectivity index (χ0v) is 10.4. The van der Waals surface area contributed by atoms with Gasteiger partial charge in [0, 0.05) is 24.6 Å². The summed E-state index contributed by atoms with van der Waals surface area (Å²) in [5.74, 6) is 0.304. The van der Waals surface area contributed by atoms with Crippen LogP contribution < -0.4 is 5.32 Å². The first kappa shape index (κ1) is 12.2. The topological polar surface area (TPSA) is 49.4 Å². The molecule has 1 N–H and O–H groups in total. The summed E-state index contributed by atoms with van der Waals surface area (Å²) in [4.78, 5) is 24.1. The van der Waals surface area contributed by atoms with Crippen LogP contribution in [0.15, 0.2) is 23.9 Å². The van der Waals surface area contributed by atoms with Crippen molar-refractivity contribution in [3.05, 3.63) is 23.9 Å². The maximum atomic E-state index is 11.8. The molecule has 0 aromatic carbocycles. The third kappa shape index (κ3) is 2.52. The van der Waals surface area contributed by atoms with Crippen LogP contribution >= 0.6 is 11.6 Å². The van der Waals surface area contributed by atoms with Crippen molar-refractivity contribution in [1.82, 2.24) is 10.2 Å². The van der Waals surface area contributed by atoms with Crippen molar-refractivity contribution in [3.63, 3.8) is 0 Å². The molecule has 2 amide bonds. The molecular weight excluding hydrogens is 240 g/mol. The molecule has 0 spiro atoms. The maximum Gasteiger partial charge on any atom is 0.322 e. The van der Waals surface area contributed by atoms with E-state index < -0.39 is 0 Å². The van der Waals surface area contributed by atoms with E-state index in [2.05, 4.69) is 18.3 Å². The second-order valence-corrected chi connectivity index (χ2v) is 4.79. The molecule has 2 aliphatic rings. The van der Waals surface area contributed by atoms with Gasteiger partial charge in [0.1, 0.15) is 0 Å². The van der Waals surface area contributed by atoms with Crippen LogP contribution in [-0.2, 0) is 4.79 Å². The van der Waals surface area contributed by atoms with Gasteiger partial charge in [0.25, 0.3) is 0 Å². The first-order chi connectivity index (χ1) is 8.09. The molecule has 0 saturated carbocycles. The van der Waals surface area contributed by atoms with Gasteiger partial charge in [-0.1, -0.05) is 19.1 Å². The summed E-state index contributed by atoms with van der Waals surface area (Å²) in [6.07, 6.45) is 6.88. The minimum Gasteiger partial charge on any atom is -0.329 e. The highest BCUT2D eigenvalue weighted by atomic mass is 35.5. The molecule has 2 atom stereocenters. The van der Waals surface area contributed by atoms with E-state index in [1.54, 1.807) is 4.90 Å². The average molecular weight is 255 g/mol. The highest BCUT2D eigenvalue weighted by Crippen LogP contribution is 2.27. The molecule has 4 nitrogen and oxygen atoms in total. The SMILES string of the molecule is CC1C=CC=C2C1NC(=O)N2CCCC(=O)Cl. The van der Waals surface area contributed by atoms with Crippen molar-refractivity contribution in [2.75, 3.05) is 6.54 Å². The van der Waals surface area contributed by atoms with Crippen LogP contribution in [-0.4, -0.2) is 28.8 Å². The van der Waals surface area contributed by atoms with Crippen molar-refractivity contribution in [2.45, 2.75) is 25.8 Å². The molecule has 17 heavy (non-hydrogen) atoms. The molecule has 2 rings (SSSR count). The maximum absolute atomic E-state index is 11.8. The molecule has 1 heterocycles. The predicted molar refractivity (Wildman–Crippen MR) is 65.5 cm³/mol. The van der Waals surface area contributed by atoms with Crippen LogP contribution in [0, 0.1) is 5.92 Å². The van der Waals surface area contributed by atoms with E-state index in [1.807, 2.05) is 12.2 Å². The second-order valence-electron chi connectivity index (χ2n) is 4.37. The minimum atomic E-state index is -0.355. The monoisotopic (exact) mass is 254 g/mol. The van der Waals surface area contributed by atoms with Gasteiger partial charge in [0.2, 0.25) is 5.24 Å². The van der Waals surface area contributed by atoms with Crippen LogP contribution in [0.25, 0.3) is 0 Å². The van der Waals surface area contributed by atoms with E-state index in [-0.39, 0.29) is 17.3 Å². The Labute approximate surface area is 105 Å². The number of fused-ring (bicyclic) bond motifs is 1. The molecule has 92 valence electrons. The number of halogens is 1. The van der Waals surface area contributed by atoms with Gasteiger partial charge < -0.3 is 5.32 Å². The van der Waals surface area contributed by atoms with Crippen molar-refractivity contribution < 1.29 is 9.59 Å². The van der Waals surface area contributed by atoms with Gasteiger partial charge in [-0.2, -0.15) is 0 Å². The number of hydrogen-bond donors (Lipinski definition) is 1. The fourth-order valence-electron chi connectivity index (χ4n) is 2.21. The summed E-state index contributed by atoms with van der Waals surface area (Å²) in [5.41, 5.74) is 0.993. The third-order valence-electron chi connectivity index (χ3n) is 3.12. The van der Waals surface area contributed by atoms with Crippen molar-refractivity contribution in [3.8, 4) is 0 Å². The van der Waals surface area contributed by atoms with Gasteiger partial charge in [-0.05, 0) is 24.1 Å². The normalized spacial score (nSPS) is 26.6. The first-order valence-corrected chi connectivity index (χ1v) is 6.12. The third-order valence-corrected chi connectivity index (χ3v) is 3.31. The van der Waals surface area contributed by atoms with E-state index in [9.17, 15) is 9.59 Å². The Kier molecular flexibility index (Phi) is 3.52. The number of nitrogens with zero attached hydrogens (tertiary/aromatic N) is 1. The Balaban J connectivity index is 2.02. The lowest BCUT2D eigenvalue weighted by Crippen LogP contribution is -2.32. The summed E-state index contributed by atoms with van der Waals surface area (Å²) in [7, 11) is 0. The quantitative estimate of drug-likeness (QED) is 0.781. The predicted octanol–water partition coefficient (Wildman–Crippen LogP) is 2.02. The molecule has 1 aliphatic carbocycles. The van der Waals surface area contributed by atoms with Crippen LogP contribution in [0.1, 0.15) is 19.8 Å². The number of carbonyl (C=O) groups excluding carboxylic acids is 2. The Bertz CT molecular complexity index is 403. The summed E-state index contributed by atoms with van der Waals surface area (Å²) < 4.78 is 0. The van der Waals surface area contributed by atoms with Crippen molar-refractivity contribution in [1.29, 1.82) is 0 Å². The summed E-state index contributed by atoms with van der Waals surface area (Å²) in [6, 6.07) is -0.0157. The van der Waals surface area contributed by atoms with Crippen LogP contribution in [0.5, 0.6) is 0 Å². The highest BCUT2D eigenvalue weighted by molar-refractivity contribution is 6.63. The van der Waals surface area contributed by atoms with Gasteiger partial charge in [0.05, 0.1) is 6.04 Å². The number of amides is 2. The number of urea groups is 1. The zero-order chi connectivity index (χ0) is 12.4. The van der Waals surface area contributed by atoms with Crippen LogP contribution in [0.3, 0.4) is 0 Å². The number of allylic oxidation sites excluding steroid dienone is 2. The largest absolute Gasteiger partial charge is 0.329 e. The zero-order valence-electron chi connectivity index (χ0n) is 9.65. The highest BCUT2D eigenvalue weighted by Gasteiger charge is 2.36.